The zero-order valence-electron chi connectivity index (χ0n) is 15.5. The number of pyridine rings is 1. The Morgan fingerprint density at radius 1 is 1.03 bits per heavy atom. The Morgan fingerprint density at radius 3 is 2.45 bits per heavy atom. The monoisotopic (exact) mass is 399 g/mol. The minimum Gasteiger partial charge on any atom is -0.351 e. The van der Waals surface area contributed by atoms with E-state index >= 15 is 0 Å². The SMILES string of the molecule is C[C@@H](c1c[nH]c(=O)c2cc(F)c(F)cc12)N(C)C(=O)c1cc2cc(F)ccc2[nH]1. The number of fused-ring (bicyclic) bond motifs is 2. The van der Waals surface area contributed by atoms with Crippen LogP contribution in [0.3, 0.4) is 0 Å². The van der Waals surface area contributed by atoms with Crippen LogP contribution in [-0.2, 0) is 0 Å². The van der Waals surface area contributed by atoms with Crippen LogP contribution in [0.1, 0.15) is 29.0 Å². The number of amides is 1. The number of halogens is 3. The number of aromatic nitrogens is 2. The molecule has 0 saturated heterocycles. The molecule has 148 valence electrons. The van der Waals surface area contributed by atoms with Crippen LogP contribution in [0.5, 0.6) is 0 Å². The molecule has 2 aromatic heterocycles. The van der Waals surface area contributed by atoms with Gasteiger partial charge < -0.3 is 14.9 Å². The van der Waals surface area contributed by atoms with Gasteiger partial charge in [0.25, 0.3) is 11.5 Å². The minimum absolute atomic E-state index is 0.00446. The Bertz CT molecular complexity index is 1330. The van der Waals surface area contributed by atoms with E-state index in [1.807, 2.05) is 0 Å². The number of nitrogens with zero attached hydrogens (tertiary/aromatic N) is 1. The van der Waals surface area contributed by atoms with Gasteiger partial charge in [0, 0.05) is 24.1 Å². The summed E-state index contributed by atoms with van der Waals surface area (Å²) in [5.74, 6) is -2.99. The fraction of sp³-hybridized carbons (Fsp3) is 0.143. The van der Waals surface area contributed by atoms with Crippen LogP contribution in [0, 0.1) is 17.5 Å². The third kappa shape index (κ3) is 3.16. The summed E-state index contributed by atoms with van der Waals surface area (Å²) in [6.07, 6.45) is 1.39. The first-order valence-electron chi connectivity index (χ1n) is 8.82. The normalized spacial score (nSPS) is 12.4. The number of hydrogen-bond donors (Lipinski definition) is 2. The van der Waals surface area contributed by atoms with Crippen LogP contribution in [-0.4, -0.2) is 27.8 Å². The highest BCUT2D eigenvalue weighted by Crippen LogP contribution is 2.28. The third-order valence-corrected chi connectivity index (χ3v) is 5.14. The maximum atomic E-state index is 13.8. The molecule has 8 heteroatoms. The summed E-state index contributed by atoms with van der Waals surface area (Å²) in [5, 5.41) is 0.773. The van der Waals surface area contributed by atoms with E-state index in [2.05, 4.69) is 9.97 Å². The van der Waals surface area contributed by atoms with Crippen LogP contribution in [0.4, 0.5) is 13.2 Å². The molecule has 1 amide bonds. The fourth-order valence-corrected chi connectivity index (χ4v) is 3.41. The Balaban J connectivity index is 1.74. The van der Waals surface area contributed by atoms with Crippen LogP contribution in [0.25, 0.3) is 21.7 Å². The van der Waals surface area contributed by atoms with Crippen LogP contribution in [0.15, 0.2) is 47.4 Å². The molecule has 1 atom stereocenters. The van der Waals surface area contributed by atoms with E-state index < -0.39 is 29.1 Å². The molecule has 0 saturated carbocycles. The summed E-state index contributed by atoms with van der Waals surface area (Å²) in [6.45, 7) is 1.70. The van der Waals surface area contributed by atoms with Crippen molar-refractivity contribution in [2.24, 2.45) is 0 Å². The van der Waals surface area contributed by atoms with Crippen molar-refractivity contribution in [3.05, 3.63) is 81.7 Å². The standard InChI is InChI=1S/C21H16F3N3O2/c1-10(15-9-25-20(28)14-8-17(24)16(23)7-13(14)15)27(2)21(29)19-6-11-5-12(22)3-4-18(11)26-19/h3-10,26H,1-2H3,(H,25,28)/t10-/m0/s1. The van der Waals surface area contributed by atoms with Gasteiger partial charge in [-0.15, -0.1) is 0 Å². The van der Waals surface area contributed by atoms with E-state index in [-0.39, 0.29) is 22.4 Å². The Labute approximate surface area is 162 Å². The van der Waals surface area contributed by atoms with Gasteiger partial charge in [0.05, 0.1) is 11.4 Å². The number of carbonyl (C=O) groups is 1. The molecule has 0 spiro atoms. The second-order valence-corrected chi connectivity index (χ2v) is 6.89. The number of hydrogen-bond acceptors (Lipinski definition) is 2. The highest BCUT2D eigenvalue weighted by Gasteiger charge is 2.23. The highest BCUT2D eigenvalue weighted by atomic mass is 19.2. The Kier molecular flexibility index (Phi) is 4.41. The average Bonchev–Trinajstić information content (AvgIpc) is 3.11. The van der Waals surface area contributed by atoms with Gasteiger partial charge in [-0.2, -0.15) is 0 Å². The Hall–Kier alpha value is -3.55. The van der Waals surface area contributed by atoms with Crippen molar-refractivity contribution in [1.29, 1.82) is 0 Å². The zero-order chi connectivity index (χ0) is 20.9. The van der Waals surface area contributed by atoms with Crippen LogP contribution < -0.4 is 5.56 Å². The van der Waals surface area contributed by atoms with Gasteiger partial charge in [-0.25, -0.2) is 13.2 Å². The third-order valence-electron chi connectivity index (χ3n) is 5.14. The first-order chi connectivity index (χ1) is 13.8. The number of carbonyl (C=O) groups excluding carboxylic acids is 1. The van der Waals surface area contributed by atoms with Gasteiger partial charge >= 0.3 is 0 Å². The largest absolute Gasteiger partial charge is 0.351 e. The summed E-state index contributed by atoms with van der Waals surface area (Å²) < 4.78 is 40.8. The lowest BCUT2D eigenvalue weighted by molar-refractivity contribution is 0.0738. The molecule has 4 rings (SSSR count). The smallest absolute Gasteiger partial charge is 0.270 e. The fourth-order valence-electron chi connectivity index (χ4n) is 3.41. The van der Waals surface area contributed by atoms with E-state index in [1.54, 1.807) is 20.0 Å². The molecule has 0 fully saturated rings. The minimum atomic E-state index is -1.12. The van der Waals surface area contributed by atoms with Gasteiger partial charge in [0.1, 0.15) is 11.5 Å². The summed E-state index contributed by atoms with van der Waals surface area (Å²) in [4.78, 5) is 31.8. The molecule has 0 aliphatic heterocycles. The van der Waals surface area contributed by atoms with E-state index in [9.17, 15) is 22.8 Å². The summed E-state index contributed by atoms with van der Waals surface area (Å²) in [5.41, 5.74) is 0.770. The zero-order valence-corrected chi connectivity index (χ0v) is 15.5. The molecule has 0 aliphatic rings. The second kappa shape index (κ2) is 6.80. The molecule has 0 bridgehead atoms. The number of benzene rings is 2. The second-order valence-electron chi connectivity index (χ2n) is 6.89. The average molecular weight is 399 g/mol. The van der Waals surface area contributed by atoms with Crippen LogP contribution >= 0.6 is 0 Å². The number of rotatable bonds is 3. The molecule has 0 aliphatic carbocycles. The first kappa shape index (κ1) is 18.8. The number of aromatic amines is 2. The predicted molar refractivity (Wildman–Crippen MR) is 103 cm³/mol. The van der Waals surface area contributed by atoms with Gasteiger partial charge in [0.2, 0.25) is 0 Å². The van der Waals surface area contributed by atoms with Crippen molar-refractivity contribution in [2.75, 3.05) is 7.05 Å². The maximum Gasteiger partial charge on any atom is 0.270 e. The summed E-state index contributed by atoms with van der Waals surface area (Å²) >= 11 is 0. The molecule has 29 heavy (non-hydrogen) atoms. The van der Waals surface area contributed by atoms with Crippen molar-refractivity contribution in [3.63, 3.8) is 0 Å². The topological polar surface area (TPSA) is 69.0 Å². The molecule has 2 N–H and O–H groups in total. The Morgan fingerprint density at radius 2 is 1.72 bits per heavy atom. The van der Waals surface area contributed by atoms with E-state index in [0.717, 1.165) is 12.1 Å². The molecule has 2 heterocycles. The lowest BCUT2D eigenvalue weighted by Gasteiger charge is -2.25. The molecule has 5 nitrogen and oxygen atoms in total. The molecule has 4 aromatic rings. The first-order valence-corrected chi connectivity index (χ1v) is 8.82. The van der Waals surface area contributed by atoms with E-state index in [0.29, 0.717) is 16.5 Å². The lowest BCUT2D eigenvalue weighted by Crippen LogP contribution is -2.30. The van der Waals surface area contributed by atoms with Gasteiger partial charge in [-0.3, -0.25) is 9.59 Å². The molecule has 0 radical (unpaired) electrons. The molecular weight excluding hydrogens is 383 g/mol. The number of H-pyrrole nitrogens is 2. The summed E-state index contributed by atoms with van der Waals surface area (Å²) in [7, 11) is 1.55. The van der Waals surface area contributed by atoms with E-state index in [4.69, 9.17) is 0 Å². The van der Waals surface area contributed by atoms with E-state index in [1.165, 1.54) is 29.3 Å². The molecule has 0 unspecified atom stereocenters. The van der Waals surface area contributed by atoms with Crippen molar-refractivity contribution < 1.29 is 18.0 Å². The maximum absolute atomic E-state index is 13.8. The quantitative estimate of drug-likeness (QED) is 0.541. The summed E-state index contributed by atoms with van der Waals surface area (Å²) in [6, 6.07) is 6.92. The van der Waals surface area contributed by atoms with Gasteiger partial charge in [-0.05, 0) is 54.3 Å². The molecular formula is C21H16F3N3O2. The number of nitrogens with one attached hydrogen (secondary N) is 2. The van der Waals surface area contributed by atoms with Gasteiger partial charge in [0.15, 0.2) is 11.6 Å². The van der Waals surface area contributed by atoms with Gasteiger partial charge in [-0.1, -0.05) is 0 Å². The lowest BCUT2D eigenvalue weighted by atomic mass is 10.0. The van der Waals surface area contributed by atoms with Crippen LogP contribution in [0.2, 0.25) is 0 Å². The van der Waals surface area contributed by atoms with Crippen molar-refractivity contribution in [2.45, 2.75) is 13.0 Å². The predicted octanol–water partition coefficient (Wildman–Crippen LogP) is 4.26. The van der Waals surface area contributed by atoms with Crippen molar-refractivity contribution >= 4 is 27.6 Å². The van der Waals surface area contributed by atoms with Crippen molar-refractivity contribution in [3.8, 4) is 0 Å². The molecule has 2 aromatic carbocycles. The highest BCUT2D eigenvalue weighted by molar-refractivity contribution is 5.98. The van der Waals surface area contributed by atoms with Crippen molar-refractivity contribution in [1.82, 2.24) is 14.9 Å².